The van der Waals surface area contributed by atoms with Crippen LogP contribution in [0.1, 0.15) is 45.6 Å². The highest BCUT2D eigenvalue weighted by Gasteiger charge is 2.38. The number of hydrogen-bond acceptors (Lipinski definition) is 9. The first-order valence-electron chi connectivity index (χ1n) is 13.9. The van der Waals surface area contributed by atoms with Gasteiger partial charge in [-0.1, -0.05) is 60.6 Å². The Balaban J connectivity index is 1.48. The van der Waals surface area contributed by atoms with E-state index in [9.17, 15) is 14.4 Å². The lowest BCUT2D eigenvalue weighted by Gasteiger charge is -2.27. The molecule has 218 valence electrons. The molecule has 1 saturated heterocycles. The molecule has 0 aliphatic carbocycles. The Morgan fingerprint density at radius 3 is 2.22 bits per heavy atom. The van der Waals surface area contributed by atoms with Gasteiger partial charge >= 0.3 is 17.9 Å². The molecule has 1 aliphatic rings. The Morgan fingerprint density at radius 1 is 1.02 bits per heavy atom. The summed E-state index contributed by atoms with van der Waals surface area (Å²) in [4.78, 5) is 44.1. The maximum atomic E-state index is 13.2. The molecule has 0 aromatic heterocycles. The van der Waals surface area contributed by atoms with Crippen LogP contribution in [-0.2, 0) is 33.4 Å². The van der Waals surface area contributed by atoms with Gasteiger partial charge in [-0.25, -0.2) is 4.79 Å². The van der Waals surface area contributed by atoms with Crippen LogP contribution in [0.2, 0.25) is 0 Å². The molecule has 3 aromatic rings. The number of nitrogens with zero attached hydrogens (tertiary/aromatic N) is 1. The number of fused-ring (bicyclic) bond motifs is 2. The summed E-state index contributed by atoms with van der Waals surface area (Å²) in [5, 5.41) is 17.2. The van der Waals surface area contributed by atoms with Crippen LogP contribution in [0.4, 0.5) is 0 Å². The van der Waals surface area contributed by atoms with E-state index in [1.807, 2.05) is 55.5 Å². The first kappa shape index (κ1) is 30.1. The monoisotopic (exact) mass is 563 g/mol. The molecule has 1 fully saturated rings. The van der Waals surface area contributed by atoms with Crippen LogP contribution < -0.4 is 0 Å². The zero-order chi connectivity index (χ0) is 29.4. The predicted molar refractivity (Wildman–Crippen MR) is 154 cm³/mol. The van der Waals surface area contributed by atoms with Crippen molar-refractivity contribution in [3.05, 3.63) is 60.2 Å². The number of epoxide rings is 1. The van der Waals surface area contributed by atoms with Crippen molar-refractivity contribution in [3.8, 4) is 0 Å². The van der Waals surface area contributed by atoms with Crippen LogP contribution in [0.15, 0.2) is 59.8 Å². The SMILES string of the molecule is CCC(CC(CC(C)(C)C(=O)ON=Cc1c2ccccc2cc2ccccc12)C(=O)OCCO)C(=O)OCC1CO1. The van der Waals surface area contributed by atoms with Crippen molar-refractivity contribution in [1.29, 1.82) is 0 Å². The van der Waals surface area contributed by atoms with E-state index in [0.29, 0.717) is 13.0 Å². The van der Waals surface area contributed by atoms with Gasteiger partial charge in [-0.15, -0.1) is 0 Å². The molecule has 41 heavy (non-hydrogen) atoms. The quantitative estimate of drug-likeness (QED) is 0.0741. The number of esters is 2. The number of oxime groups is 1. The molecule has 3 aromatic carbocycles. The average molecular weight is 564 g/mol. The number of aliphatic hydroxyl groups is 1. The fourth-order valence-corrected chi connectivity index (χ4v) is 4.90. The highest BCUT2D eigenvalue weighted by Crippen LogP contribution is 2.33. The molecule has 0 bridgehead atoms. The Kier molecular flexibility index (Phi) is 10.1. The molecule has 0 saturated carbocycles. The molecule has 0 radical (unpaired) electrons. The number of ether oxygens (including phenoxy) is 3. The third-order valence-electron chi connectivity index (χ3n) is 7.32. The molecule has 0 spiro atoms. The minimum Gasteiger partial charge on any atom is -0.463 e. The van der Waals surface area contributed by atoms with Crippen molar-refractivity contribution in [2.45, 2.75) is 46.1 Å². The van der Waals surface area contributed by atoms with Crippen molar-refractivity contribution in [3.63, 3.8) is 0 Å². The van der Waals surface area contributed by atoms with E-state index in [-0.39, 0.29) is 38.8 Å². The first-order chi connectivity index (χ1) is 19.7. The van der Waals surface area contributed by atoms with E-state index in [4.69, 9.17) is 24.2 Å². The van der Waals surface area contributed by atoms with Crippen molar-refractivity contribution < 1.29 is 38.5 Å². The summed E-state index contributed by atoms with van der Waals surface area (Å²) < 4.78 is 15.6. The fraction of sp³-hybridized carbons (Fsp3) is 0.438. The normalized spacial score (nSPS) is 16.4. The highest BCUT2D eigenvalue weighted by atomic mass is 16.7. The Bertz CT molecular complexity index is 1360. The highest BCUT2D eigenvalue weighted by molar-refractivity contribution is 6.13. The maximum Gasteiger partial charge on any atom is 0.340 e. The molecule has 1 aliphatic heterocycles. The molecule has 1 N–H and O–H groups in total. The summed E-state index contributed by atoms with van der Waals surface area (Å²) >= 11 is 0. The molecule has 9 heteroatoms. The van der Waals surface area contributed by atoms with Gasteiger partial charge in [0.05, 0.1) is 36.7 Å². The molecular weight excluding hydrogens is 526 g/mol. The third kappa shape index (κ3) is 7.89. The summed E-state index contributed by atoms with van der Waals surface area (Å²) in [5.41, 5.74) is -0.304. The van der Waals surface area contributed by atoms with Crippen molar-refractivity contribution in [2.75, 3.05) is 26.4 Å². The predicted octanol–water partition coefficient (Wildman–Crippen LogP) is 4.80. The molecule has 0 amide bonds. The molecule has 4 rings (SSSR count). The lowest BCUT2D eigenvalue weighted by atomic mass is 9.79. The smallest absolute Gasteiger partial charge is 0.340 e. The summed E-state index contributed by atoms with van der Waals surface area (Å²) in [6.07, 6.45) is 2.11. The van der Waals surface area contributed by atoms with Gasteiger partial charge in [-0.05, 0) is 60.7 Å². The van der Waals surface area contributed by atoms with Crippen molar-refractivity contribution >= 4 is 45.7 Å². The van der Waals surface area contributed by atoms with E-state index in [1.165, 1.54) is 0 Å². The van der Waals surface area contributed by atoms with Gasteiger partial charge in [0.15, 0.2) is 0 Å². The second-order valence-electron chi connectivity index (χ2n) is 10.9. The minimum absolute atomic E-state index is 0.0539. The number of carbonyl (C=O) groups is 3. The maximum absolute atomic E-state index is 13.2. The lowest BCUT2D eigenvalue weighted by Crippen LogP contribution is -2.34. The average Bonchev–Trinajstić information content (AvgIpc) is 3.80. The van der Waals surface area contributed by atoms with Crippen LogP contribution in [0, 0.1) is 17.3 Å². The Hall–Kier alpha value is -3.82. The molecule has 1 heterocycles. The summed E-state index contributed by atoms with van der Waals surface area (Å²) in [5.74, 6) is -3.01. The van der Waals surface area contributed by atoms with E-state index in [1.54, 1.807) is 20.1 Å². The Labute approximate surface area is 239 Å². The van der Waals surface area contributed by atoms with Crippen molar-refractivity contribution in [2.24, 2.45) is 22.4 Å². The van der Waals surface area contributed by atoms with Crippen LogP contribution in [0.3, 0.4) is 0 Å². The number of aliphatic hydroxyl groups excluding tert-OH is 1. The standard InChI is InChI=1S/C32H37NO8/c1-4-21(29(35)40-20-25-19-39-25)15-24(30(36)38-14-13-34)17-32(2,3)31(37)41-33-18-28-26-11-7-5-9-22(26)16-23-10-6-8-12-27(23)28/h5-12,16,18,21,24-25,34H,4,13-15,17,19-20H2,1-3H3. The topological polar surface area (TPSA) is 124 Å². The van der Waals surface area contributed by atoms with Crippen LogP contribution in [-0.4, -0.2) is 61.8 Å². The van der Waals surface area contributed by atoms with Gasteiger partial charge in [0, 0.05) is 5.56 Å². The summed E-state index contributed by atoms with van der Waals surface area (Å²) in [6, 6.07) is 17.9. The van der Waals surface area contributed by atoms with Crippen LogP contribution in [0.5, 0.6) is 0 Å². The van der Waals surface area contributed by atoms with E-state index in [0.717, 1.165) is 27.1 Å². The van der Waals surface area contributed by atoms with E-state index >= 15 is 0 Å². The van der Waals surface area contributed by atoms with Gasteiger partial charge in [0.1, 0.15) is 19.3 Å². The third-order valence-corrected chi connectivity index (χ3v) is 7.32. The largest absolute Gasteiger partial charge is 0.463 e. The van der Waals surface area contributed by atoms with E-state index < -0.39 is 35.2 Å². The second-order valence-corrected chi connectivity index (χ2v) is 10.9. The van der Waals surface area contributed by atoms with Gasteiger partial charge in [0.2, 0.25) is 0 Å². The van der Waals surface area contributed by atoms with Gasteiger partial charge in [-0.3, -0.25) is 9.59 Å². The molecule has 3 atom stereocenters. The summed E-state index contributed by atoms with van der Waals surface area (Å²) in [6.45, 7) is 5.39. The van der Waals surface area contributed by atoms with Crippen molar-refractivity contribution in [1.82, 2.24) is 0 Å². The first-order valence-corrected chi connectivity index (χ1v) is 13.9. The Morgan fingerprint density at radius 2 is 1.63 bits per heavy atom. The number of carbonyl (C=O) groups excluding carboxylic acids is 3. The van der Waals surface area contributed by atoms with E-state index in [2.05, 4.69) is 11.2 Å². The molecular formula is C32H37NO8. The van der Waals surface area contributed by atoms with Gasteiger partial charge in [0.25, 0.3) is 0 Å². The number of benzene rings is 3. The number of rotatable bonds is 14. The number of hydrogen-bond donors (Lipinski definition) is 1. The van der Waals surface area contributed by atoms with Crippen LogP contribution >= 0.6 is 0 Å². The minimum atomic E-state index is -1.13. The fourth-order valence-electron chi connectivity index (χ4n) is 4.90. The van der Waals surface area contributed by atoms with Crippen LogP contribution in [0.25, 0.3) is 21.5 Å². The van der Waals surface area contributed by atoms with Gasteiger partial charge in [-0.2, -0.15) is 0 Å². The molecule has 3 unspecified atom stereocenters. The molecule has 9 nitrogen and oxygen atoms in total. The summed E-state index contributed by atoms with van der Waals surface area (Å²) in [7, 11) is 0. The zero-order valence-electron chi connectivity index (χ0n) is 23.7. The zero-order valence-corrected chi connectivity index (χ0v) is 23.7. The lowest BCUT2D eigenvalue weighted by molar-refractivity contribution is -0.159. The second kappa shape index (κ2) is 13.7. The van der Waals surface area contributed by atoms with Gasteiger partial charge < -0.3 is 24.2 Å².